The molecular formula is C19H16AsNO. The molecule has 22 heavy (non-hydrogen) atoms. The Morgan fingerprint density at radius 3 is 2.59 bits per heavy atom. The Balaban J connectivity index is 1.66. The topological polar surface area (TPSA) is 29.1 Å². The van der Waals surface area contributed by atoms with E-state index < -0.39 is 0 Å². The molecule has 0 saturated heterocycles. The van der Waals surface area contributed by atoms with Crippen LogP contribution in [-0.2, 0) is 6.42 Å². The van der Waals surface area contributed by atoms with E-state index in [1.165, 1.54) is 16.3 Å². The van der Waals surface area contributed by atoms with E-state index in [1.54, 1.807) is 0 Å². The van der Waals surface area contributed by atoms with Crippen LogP contribution in [0.1, 0.15) is 15.9 Å². The summed E-state index contributed by atoms with van der Waals surface area (Å²) in [5.74, 6) is -0.0202. The van der Waals surface area contributed by atoms with Crippen molar-refractivity contribution in [2.24, 2.45) is 0 Å². The number of fused-ring (bicyclic) bond motifs is 1. The fraction of sp³-hybridized carbons (Fsp3) is 0.105. The molecule has 1 amide bonds. The normalized spacial score (nSPS) is 10.6. The number of carbonyl (C=O) groups excluding carboxylic acids is 1. The van der Waals surface area contributed by atoms with Gasteiger partial charge >= 0.3 is 139 Å². The van der Waals surface area contributed by atoms with Crippen LogP contribution in [-0.4, -0.2) is 29.3 Å². The molecule has 3 aromatic carbocycles. The number of carbonyl (C=O) groups is 1. The van der Waals surface area contributed by atoms with Gasteiger partial charge in [0.2, 0.25) is 0 Å². The van der Waals surface area contributed by atoms with Crippen LogP contribution in [0.5, 0.6) is 0 Å². The zero-order valence-corrected chi connectivity index (χ0v) is 14.0. The van der Waals surface area contributed by atoms with Crippen molar-refractivity contribution in [2.45, 2.75) is 6.42 Å². The fourth-order valence-corrected chi connectivity index (χ4v) is 3.04. The maximum atomic E-state index is 12.1. The molecule has 0 atom stereocenters. The summed E-state index contributed by atoms with van der Waals surface area (Å²) in [6, 6.07) is 22.2. The molecule has 3 rings (SSSR count). The van der Waals surface area contributed by atoms with Gasteiger partial charge in [0.05, 0.1) is 0 Å². The molecule has 0 bridgehead atoms. The van der Waals surface area contributed by atoms with Crippen molar-refractivity contribution in [1.82, 2.24) is 5.32 Å². The standard InChI is InChI=1S/C19H16AsNO/c20-17-9-4-8-16(13-17)19(22)21-12-11-15-7-3-6-14-5-1-2-10-18(14)15/h1-10,13H,11-12H2,(H,21,22). The Labute approximate surface area is 139 Å². The molecule has 2 radical (unpaired) electrons. The summed E-state index contributed by atoms with van der Waals surface area (Å²) in [7, 11) is 0. The average Bonchev–Trinajstić information content (AvgIpc) is 2.55. The van der Waals surface area contributed by atoms with Crippen molar-refractivity contribution >= 4 is 37.9 Å². The van der Waals surface area contributed by atoms with Gasteiger partial charge in [-0.1, -0.05) is 0 Å². The minimum atomic E-state index is -0.0202. The van der Waals surface area contributed by atoms with Crippen LogP contribution >= 0.6 is 0 Å². The minimum absolute atomic E-state index is 0.0202. The monoisotopic (exact) mass is 349 g/mol. The van der Waals surface area contributed by atoms with Gasteiger partial charge in [-0.3, -0.25) is 0 Å². The summed E-state index contributed by atoms with van der Waals surface area (Å²) in [5.41, 5.74) is 1.97. The van der Waals surface area contributed by atoms with Crippen LogP contribution < -0.4 is 9.67 Å². The van der Waals surface area contributed by atoms with Crippen molar-refractivity contribution in [1.29, 1.82) is 0 Å². The molecule has 0 aromatic heterocycles. The van der Waals surface area contributed by atoms with Crippen molar-refractivity contribution < 1.29 is 4.79 Å². The van der Waals surface area contributed by atoms with Gasteiger partial charge in [-0.2, -0.15) is 0 Å². The summed E-state index contributed by atoms with van der Waals surface area (Å²) in [5, 5.41) is 5.49. The molecule has 3 heteroatoms. The Morgan fingerprint density at radius 1 is 0.955 bits per heavy atom. The van der Waals surface area contributed by atoms with Crippen LogP contribution in [0.2, 0.25) is 0 Å². The molecule has 2 nitrogen and oxygen atoms in total. The summed E-state index contributed by atoms with van der Waals surface area (Å²) in [4.78, 5) is 12.1. The molecule has 1 N–H and O–H groups in total. The zero-order valence-electron chi connectivity index (χ0n) is 12.1. The van der Waals surface area contributed by atoms with Crippen LogP contribution in [0.3, 0.4) is 0 Å². The van der Waals surface area contributed by atoms with Gasteiger partial charge in [0.15, 0.2) is 0 Å². The Kier molecular flexibility index (Phi) is 4.60. The predicted molar refractivity (Wildman–Crippen MR) is 91.8 cm³/mol. The first-order chi connectivity index (χ1) is 10.7. The van der Waals surface area contributed by atoms with Crippen LogP contribution in [0, 0.1) is 0 Å². The van der Waals surface area contributed by atoms with Gasteiger partial charge in [-0.15, -0.1) is 0 Å². The summed E-state index contributed by atoms with van der Waals surface area (Å²) >= 11 is 2.46. The quantitative estimate of drug-likeness (QED) is 0.721. The molecule has 0 heterocycles. The second kappa shape index (κ2) is 6.81. The third-order valence-corrected chi connectivity index (χ3v) is 4.25. The van der Waals surface area contributed by atoms with Crippen molar-refractivity contribution in [2.75, 3.05) is 6.54 Å². The van der Waals surface area contributed by atoms with E-state index >= 15 is 0 Å². The van der Waals surface area contributed by atoms with Crippen molar-refractivity contribution in [3.05, 3.63) is 77.9 Å². The molecule has 0 aliphatic carbocycles. The first kappa shape index (κ1) is 14.9. The van der Waals surface area contributed by atoms with E-state index in [2.05, 4.69) is 58.6 Å². The van der Waals surface area contributed by atoms with Gasteiger partial charge in [-0.25, -0.2) is 0 Å². The van der Waals surface area contributed by atoms with Gasteiger partial charge in [0.1, 0.15) is 0 Å². The molecule has 0 fully saturated rings. The Hall–Kier alpha value is -2.05. The number of hydrogen-bond donors (Lipinski definition) is 1. The first-order valence-corrected chi connectivity index (χ1v) is 8.22. The van der Waals surface area contributed by atoms with Crippen molar-refractivity contribution in [3.8, 4) is 0 Å². The molecule has 0 aliphatic heterocycles. The maximum absolute atomic E-state index is 12.1. The van der Waals surface area contributed by atoms with E-state index in [4.69, 9.17) is 0 Å². The molecule has 0 aliphatic rings. The van der Waals surface area contributed by atoms with E-state index in [-0.39, 0.29) is 5.91 Å². The average molecular weight is 349 g/mol. The third kappa shape index (κ3) is 3.40. The van der Waals surface area contributed by atoms with E-state index in [0.717, 1.165) is 10.8 Å². The van der Waals surface area contributed by atoms with Gasteiger partial charge < -0.3 is 0 Å². The second-order valence-corrected chi connectivity index (χ2v) is 6.28. The summed E-state index contributed by atoms with van der Waals surface area (Å²) < 4.78 is 1.04. The molecule has 0 saturated carbocycles. The number of amides is 1. The number of rotatable bonds is 4. The number of hydrogen-bond acceptors (Lipinski definition) is 1. The molecule has 3 aromatic rings. The Bertz CT molecular complexity index is 808. The second-order valence-electron chi connectivity index (χ2n) is 5.19. The first-order valence-electron chi connectivity index (χ1n) is 7.28. The molecule has 0 unspecified atom stereocenters. The Morgan fingerprint density at radius 2 is 1.73 bits per heavy atom. The summed E-state index contributed by atoms with van der Waals surface area (Å²) in [6.07, 6.45) is 0.828. The number of nitrogens with one attached hydrogen (secondary N) is 1. The number of benzene rings is 3. The summed E-state index contributed by atoms with van der Waals surface area (Å²) in [6.45, 7) is 0.635. The molecule has 0 spiro atoms. The van der Waals surface area contributed by atoms with Gasteiger partial charge in [0, 0.05) is 0 Å². The van der Waals surface area contributed by atoms with E-state index in [9.17, 15) is 4.79 Å². The van der Waals surface area contributed by atoms with Crippen LogP contribution in [0.4, 0.5) is 0 Å². The van der Waals surface area contributed by atoms with Crippen molar-refractivity contribution in [3.63, 3.8) is 0 Å². The van der Waals surface area contributed by atoms with E-state index in [0.29, 0.717) is 12.1 Å². The molecule has 108 valence electrons. The zero-order chi connectivity index (χ0) is 15.4. The van der Waals surface area contributed by atoms with Gasteiger partial charge in [0.25, 0.3) is 0 Å². The van der Waals surface area contributed by atoms with Crippen LogP contribution in [0.15, 0.2) is 66.7 Å². The van der Waals surface area contributed by atoms with Crippen LogP contribution in [0.25, 0.3) is 10.8 Å². The fourth-order valence-electron chi connectivity index (χ4n) is 2.57. The van der Waals surface area contributed by atoms with E-state index in [1.807, 2.05) is 30.3 Å². The predicted octanol–water partition coefficient (Wildman–Crippen LogP) is 2.61. The molecular weight excluding hydrogens is 333 g/mol. The third-order valence-electron chi connectivity index (χ3n) is 3.67. The SMILES string of the molecule is O=C(NCCc1cccc2ccccc12)c1cccc([As])c1. The van der Waals surface area contributed by atoms with Gasteiger partial charge in [-0.05, 0) is 0 Å².